The van der Waals surface area contributed by atoms with Gasteiger partial charge in [0.2, 0.25) is 11.8 Å². The number of carbonyl (C=O) groups excluding carboxylic acids is 2. The van der Waals surface area contributed by atoms with Crippen LogP contribution in [0.15, 0.2) is 36.4 Å². The molecule has 2 amide bonds. The molecule has 3 aliphatic rings. The highest BCUT2D eigenvalue weighted by molar-refractivity contribution is 6.03. The van der Waals surface area contributed by atoms with Crippen LogP contribution in [0, 0.1) is 11.8 Å². The van der Waals surface area contributed by atoms with Gasteiger partial charge in [0.25, 0.3) is 0 Å². The number of amides is 2. The Balaban J connectivity index is 1.43. The first-order chi connectivity index (χ1) is 14.5. The fraction of sp³-hybridized carbons (Fsp3) is 0.565. The molecule has 0 unspecified atom stereocenters. The van der Waals surface area contributed by atoms with Crippen LogP contribution < -0.4 is 15.0 Å². The number of rotatable bonds is 9. The maximum Gasteiger partial charge on any atom is 0.234 e. The minimum absolute atomic E-state index is 0.0460. The zero-order valence-electron chi connectivity index (χ0n) is 18.0. The van der Waals surface area contributed by atoms with E-state index < -0.39 is 17.4 Å². The van der Waals surface area contributed by atoms with E-state index in [9.17, 15) is 9.59 Å². The first kappa shape index (κ1) is 20.9. The van der Waals surface area contributed by atoms with Crippen molar-refractivity contribution in [1.82, 2.24) is 10.2 Å². The van der Waals surface area contributed by atoms with Crippen molar-refractivity contribution in [2.45, 2.75) is 32.0 Å². The van der Waals surface area contributed by atoms with Gasteiger partial charge in [0.1, 0.15) is 11.4 Å². The van der Waals surface area contributed by atoms with Crippen LogP contribution in [0.5, 0.6) is 5.75 Å². The summed E-state index contributed by atoms with van der Waals surface area (Å²) in [6.07, 6.45) is 4.50. The SMILES string of the molecule is CCN(CC)CCCNC(=O)[C@@H]1[C@H]2C=C[C@]3(CN(c4ccc(OC)cc4)C(=O)[C@@H]13)O2. The third kappa shape index (κ3) is 3.50. The van der Waals surface area contributed by atoms with E-state index in [1.165, 1.54) is 0 Å². The second-order valence-corrected chi connectivity index (χ2v) is 8.19. The summed E-state index contributed by atoms with van der Waals surface area (Å²) < 4.78 is 11.4. The van der Waals surface area contributed by atoms with Crippen molar-refractivity contribution in [3.05, 3.63) is 36.4 Å². The van der Waals surface area contributed by atoms with Crippen molar-refractivity contribution >= 4 is 17.5 Å². The molecule has 1 spiro atoms. The molecule has 4 atom stereocenters. The van der Waals surface area contributed by atoms with Crippen molar-refractivity contribution in [3.8, 4) is 5.75 Å². The van der Waals surface area contributed by atoms with Gasteiger partial charge in [-0.05, 0) is 50.3 Å². The van der Waals surface area contributed by atoms with Crippen LogP contribution in [0.1, 0.15) is 20.3 Å². The topological polar surface area (TPSA) is 71.1 Å². The number of fused-ring (bicyclic) bond motifs is 1. The molecule has 7 heteroatoms. The molecule has 2 bridgehead atoms. The summed E-state index contributed by atoms with van der Waals surface area (Å²) in [5.41, 5.74) is 0.0914. The molecule has 0 radical (unpaired) electrons. The summed E-state index contributed by atoms with van der Waals surface area (Å²) in [5, 5.41) is 3.05. The van der Waals surface area contributed by atoms with Crippen molar-refractivity contribution < 1.29 is 19.1 Å². The molecule has 0 aliphatic carbocycles. The van der Waals surface area contributed by atoms with Gasteiger partial charge in [-0.1, -0.05) is 26.0 Å². The highest BCUT2D eigenvalue weighted by atomic mass is 16.5. The van der Waals surface area contributed by atoms with Crippen LogP contribution in [0.3, 0.4) is 0 Å². The Morgan fingerprint density at radius 2 is 2.03 bits per heavy atom. The van der Waals surface area contributed by atoms with E-state index in [0.29, 0.717) is 13.1 Å². The molecule has 162 valence electrons. The number of hydrogen-bond acceptors (Lipinski definition) is 5. The standard InChI is InChI=1S/C23H31N3O4/c1-4-25(5-2)14-6-13-24-21(27)19-18-11-12-23(30-18)15-26(22(28)20(19)23)16-7-9-17(29-3)10-8-16/h7-12,18-20H,4-6,13-15H2,1-3H3,(H,24,27)/t18-,19-,20-,23-/m1/s1. The lowest BCUT2D eigenvalue weighted by Gasteiger charge is -2.24. The van der Waals surface area contributed by atoms with E-state index in [1.807, 2.05) is 36.4 Å². The number of nitrogens with one attached hydrogen (secondary N) is 1. The minimum atomic E-state index is -0.703. The Hall–Kier alpha value is -2.38. The molecule has 30 heavy (non-hydrogen) atoms. The van der Waals surface area contributed by atoms with Crippen molar-refractivity contribution in [2.24, 2.45) is 11.8 Å². The molecule has 1 aromatic carbocycles. The lowest BCUT2D eigenvalue weighted by Crippen LogP contribution is -2.44. The van der Waals surface area contributed by atoms with Gasteiger partial charge in [0.15, 0.2) is 0 Å². The number of hydrogen-bond donors (Lipinski definition) is 1. The first-order valence-corrected chi connectivity index (χ1v) is 10.9. The molecule has 0 aromatic heterocycles. The normalized spacial score (nSPS) is 29.0. The quantitative estimate of drug-likeness (QED) is 0.494. The summed E-state index contributed by atoms with van der Waals surface area (Å²) in [6.45, 7) is 8.29. The van der Waals surface area contributed by atoms with Gasteiger partial charge < -0.3 is 24.6 Å². The monoisotopic (exact) mass is 413 g/mol. The van der Waals surface area contributed by atoms with Gasteiger partial charge in [0.05, 0.1) is 31.6 Å². The number of nitrogens with zero attached hydrogens (tertiary/aromatic N) is 2. The van der Waals surface area contributed by atoms with Crippen LogP contribution in [-0.4, -0.2) is 68.3 Å². The van der Waals surface area contributed by atoms with E-state index in [0.717, 1.165) is 37.5 Å². The molecule has 3 heterocycles. The van der Waals surface area contributed by atoms with Gasteiger partial charge in [-0.15, -0.1) is 0 Å². The van der Waals surface area contributed by atoms with E-state index in [2.05, 4.69) is 24.1 Å². The maximum absolute atomic E-state index is 13.3. The van der Waals surface area contributed by atoms with E-state index in [1.54, 1.807) is 12.0 Å². The fourth-order valence-electron chi connectivity index (χ4n) is 4.95. The predicted molar refractivity (Wildman–Crippen MR) is 114 cm³/mol. The number of benzene rings is 1. The molecule has 1 N–H and O–H groups in total. The molecule has 1 aromatic rings. The maximum atomic E-state index is 13.3. The predicted octanol–water partition coefficient (Wildman–Crippen LogP) is 1.83. The largest absolute Gasteiger partial charge is 0.497 e. The number of ether oxygens (including phenoxy) is 2. The molecular formula is C23H31N3O4. The highest BCUT2D eigenvalue weighted by Gasteiger charge is 2.67. The number of methoxy groups -OCH3 is 1. The molecule has 4 rings (SSSR count). The van der Waals surface area contributed by atoms with Crippen molar-refractivity contribution in [1.29, 1.82) is 0 Å². The lowest BCUT2D eigenvalue weighted by atomic mass is 9.77. The highest BCUT2D eigenvalue weighted by Crippen LogP contribution is 2.52. The Labute approximate surface area is 178 Å². The van der Waals surface area contributed by atoms with E-state index in [-0.39, 0.29) is 17.9 Å². The van der Waals surface area contributed by atoms with Gasteiger partial charge in [-0.25, -0.2) is 0 Å². The van der Waals surface area contributed by atoms with E-state index >= 15 is 0 Å². The summed E-state index contributed by atoms with van der Waals surface area (Å²) >= 11 is 0. The summed E-state index contributed by atoms with van der Waals surface area (Å²) in [6, 6.07) is 7.41. The summed E-state index contributed by atoms with van der Waals surface area (Å²) in [5.74, 6) is -0.338. The average Bonchev–Trinajstić information content (AvgIpc) is 3.42. The summed E-state index contributed by atoms with van der Waals surface area (Å²) in [4.78, 5) is 30.4. The second kappa shape index (κ2) is 8.40. The van der Waals surface area contributed by atoms with Crippen molar-refractivity contribution in [2.75, 3.05) is 44.7 Å². The Bertz CT molecular complexity index is 820. The number of carbonyl (C=O) groups is 2. The third-order valence-corrected chi connectivity index (χ3v) is 6.63. The molecule has 7 nitrogen and oxygen atoms in total. The Morgan fingerprint density at radius 1 is 1.30 bits per heavy atom. The second-order valence-electron chi connectivity index (χ2n) is 8.19. The van der Waals surface area contributed by atoms with E-state index in [4.69, 9.17) is 9.47 Å². The van der Waals surface area contributed by atoms with Gasteiger partial charge in [-0.3, -0.25) is 9.59 Å². The Morgan fingerprint density at radius 3 is 2.70 bits per heavy atom. The molecule has 2 saturated heterocycles. The van der Waals surface area contributed by atoms with Crippen molar-refractivity contribution in [3.63, 3.8) is 0 Å². The van der Waals surface area contributed by atoms with Crippen LogP contribution in [0.2, 0.25) is 0 Å². The van der Waals surface area contributed by atoms with Gasteiger partial charge in [-0.2, -0.15) is 0 Å². The van der Waals surface area contributed by atoms with Gasteiger partial charge in [0, 0.05) is 12.2 Å². The molecular weight excluding hydrogens is 382 g/mol. The lowest BCUT2D eigenvalue weighted by molar-refractivity contribution is -0.131. The van der Waals surface area contributed by atoms with Crippen LogP contribution in [0.25, 0.3) is 0 Å². The third-order valence-electron chi connectivity index (χ3n) is 6.63. The minimum Gasteiger partial charge on any atom is -0.497 e. The van der Waals surface area contributed by atoms with Gasteiger partial charge >= 0.3 is 0 Å². The first-order valence-electron chi connectivity index (χ1n) is 10.9. The van der Waals surface area contributed by atoms with Crippen LogP contribution >= 0.6 is 0 Å². The average molecular weight is 414 g/mol. The zero-order valence-corrected chi connectivity index (χ0v) is 18.0. The molecule has 2 fully saturated rings. The summed E-state index contributed by atoms with van der Waals surface area (Å²) in [7, 11) is 1.61. The van der Waals surface area contributed by atoms with Crippen LogP contribution in [0.4, 0.5) is 5.69 Å². The smallest absolute Gasteiger partial charge is 0.234 e. The Kier molecular flexibility index (Phi) is 5.84. The molecule has 3 aliphatic heterocycles. The fourth-order valence-corrected chi connectivity index (χ4v) is 4.95. The van der Waals surface area contributed by atoms with Crippen LogP contribution in [-0.2, 0) is 14.3 Å². The zero-order chi connectivity index (χ0) is 21.3. The number of anilines is 1. The molecule has 0 saturated carbocycles.